The van der Waals surface area contributed by atoms with Gasteiger partial charge in [-0.3, -0.25) is 13.9 Å². The van der Waals surface area contributed by atoms with Crippen molar-refractivity contribution in [3.8, 4) is 5.75 Å². The molecule has 0 aromatic heterocycles. The molecule has 0 bridgehead atoms. The summed E-state index contributed by atoms with van der Waals surface area (Å²) in [5, 5.41) is 2.95. The van der Waals surface area contributed by atoms with Gasteiger partial charge in [0.15, 0.2) is 0 Å². The highest BCUT2D eigenvalue weighted by Crippen LogP contribution is 2.27. The van der Waals surface area contributed by atoms with E-state index >= 15 is 0 Å². The minimum atomic E-state index is -4.11. The van der Waals surface area contributed by atoms with Crippen molar-refractivity contribution in [3.63, 3.8) is 0 Å². The van der Waals surface area contributed by atoms with Gasteiger partial charge in [-0.1, -0.05) is 68.3 Å². The zero-order valence-electron chi connectivity index (χ0n) is 24.4. The van der Waals surface area contributed by atoms with E-state index in [1.165, 1.54) is 17.0 Å². The molecule has 1 atom stereocenters. The van der Waals surface area contributed by atoms with E-state index in [0.717, 1.165) is 28.3 Å². The third-order valence-electron chi connectivity index (χ3n) is 6.73. The smallest absolute Gasteiger partial charge is 0.264 e. The van der Waals surface area contributed by atoms with Crippen LogP contribution in [0.4, 0.5) is 5.69 Å². The first-order valence-electron chi connectivity index (χ1n) is 14.1. The number of carbonyl (C=O) groups is 2. The summed E-state index contributed by atoms with van der Waals surface area (Å²) >= 11 is 0. The molecule has 0 aliphatic heterocycles. The van der Waals surface area contributed by atoms with E-state index in [0.29, 0.717) is 31.0 Å². The van der Waals surface area contributed by atoms with Crippen LogP contribution in [0.2, 0.25) is 0 Å². The second-order valence-corrected chi connectivity index (χ2v) is 11.7. The number of anilines is 1. The Labute approximate surface area is 244 Å². The van der Waals surface area contributed by atoms with E-state index < -0.39 is 28.5 Å². The summed E-state index contributed by atoms with van der Waals surface area (Å²) in [7, 11) is -4.11. The van der Waals surface area contributed by atoms with Gasteiger partial charge in [0.1, 0.15) is 18.3 Å². The van der Waals surface area contributed by atoms with Gasteiger partial charge in [0.25, 0.3) is 10.0 Å². The number of nitrogens with one attached hydrogen (secondary N) is 1. The summed E-state index contributed by atoms with van der Waals surface area (Å²) in [5.74, 6) is -0.133. The molecule has 2 amide bonds. The minimum Gasteiger partial charge on any atom is -0.494 e. The molecule has 0 spiro atoms. The van der Waals surface area contributed by atoms with Crippen molar-refractivity contribution in [3.05, 3.63) is 90.0 Å². The Morgan fingerprint density at radius 1 is 0.902 bits per heavy atom. The fourth-order valence-electron chi connectivity index (χ4n) is 4.44. The average Bonchev–Trinajstić information content (AvgIpc) is 2.98. The summed E-state index contributed by atoms with van der Waals surface area (Å²) in [6.45, 7) is 8.41. The van der Waals surface area contributed by atoms with Gasteiger partial charge in [0.05, 0.1) is 17.2 Å². The number of benzene rings is 3. The highest BCUT2D eigenvalue weighted by Gasteiger charge is 2.33. The maximum absolute atomic E-state index is 14.1. The number of sulfonamides is 1. The molecule has 9 heteroatoms. The Morgan fingerprint density at radius 3 is 2.15 bits per heavy atom. The molecule has 0 fully saturated rings. The van der Waals surface area contributed by atoms with E-state index in [1.54, 1.807) is 42.5 Å². The van der Waals surface area contributed by atoms with Crippen LogP contribution in [0.3, 0.4) is 0 Å². The lowest BCUT2D eigenvalue weighted by atomic mass is 10.1. The first kappa shape index (κ1) is 31.7. The first-order chi connectivity index (χ1) is 19.7. The van der Waals surface area contributed by atoms with Gasteiger partial charge in [0, 0.05) is 13.1 Å². The highest BCUT2D eigenvalue weighted by molar-refractivity contribution is 7.92. The Kier molecular flexibility index (Phi) is 11.8. The number of carbonyl (C=O) groups excluding carboxylic acids is 2. The van der Waals surface area contributed by atoms with Crippen LogP contribution < -0.4 is 14.4 Å². The molecule has 41 heavy (non-hydrogen) atoms. The van der Waals surface area contributed by atoms with Crippen molar-refractivity contribution >= 4 is 27.5 Å². The number of hydrogen-bond donors (Lipinski definition) is 1. The van der Waals surface area contributed by atoms with Gasteiger partial charge in [-0.05, 0) is 68.7 Å². The molecular weight excluding hydrogens is 538 g/mol. The fraction of sp³-hybridized carbons (Fsp3) is 0.375. The number of ether oxygens (including phenoxy) is 1. The van der Waals surface area contributed by atoms with Crippen molar-refractivity contribution in [2.24, 2.45) is 0 Å². The SMILES string of the molecule is CCCCNC(=O)[C@H](CC)N(Cc1ccc(C)cc1)C(=O)CN(c1ccc(OCC)cc1)S(=O)(=O)c1ccccc1. The van der Waals surface area contributed by atoms with Crippen LogP contribution in [0.15, 0.2) is 83.8 Å². The second-order valence-electron chi connectivity index (χ2n) is 9.83. The summed E-state index contributed by atoms with van der Waals surface area (Å²) in [6, 6.07) is 21.6. The Hall–Kier alpha value is -3.85. The minimum absolute atomic E-state index is 0.0659. The average molecular weight is 580 g/mol. The Bertz CT molecular complexity index is 1360. The van der Waals surface area contributed by atoms with E-state index in [4.69, 9.17) is 4.74 Å². The summed E-state index contributed by atoms with van der Waals surface area (Å²) in [5.41, 5.74) is 2.25. The van der Waals surface area contributed by atoms with Crippen molar-refractivity contribution in [2.45, 2.75) is 64.4 Å². The highest BCUT2D eigenvalue weighted by atomic mass is 32.2. The topological polar surface area (TPSA) is 96.0 Å². The van der Waals surface area contributed by atoms with Crippen LogP contribution in [-0.2, 0) is 26.2 Å². The van der Waals surface area contributed by atoms with Gasteiger partial charge in [-0.15, -0.1) is 0 Å². The summed E-state index contributed by atoms with van der Waals surface area (Å²) < 4.78 is 34.4. The lowest BCUT2D eigenvalue weighted by molar-refractivity contribution is -0.140. The molecule has 0 heterocycles. The zero-order valence-corrected chi connectivity index (χ0v) is 25.2. The van der Waals surface area contributed by atoms with E-state index in [2.05, 4.69) is 5.32 Å². The summed E-state index contributed by atoms with van der Waals surface area (Å²) in [4.78, 5) is 28.9. The molecule has 0 aliphatic carbocycles. The quantitative estimate of drug-likeness (QED) is 0.246. The predicted molar refractivity (Wildman–Crippen MR) is 162 cm³/mol. The van der Waals surface area contributed by atoms with Crippen molar-refractivity contribution < 1.29 is 22.7 Å². The molecule has 3 aromatic rings. The van der Waals surface area contributed by atoms with E-state index in [1.807, 2.05) is 52.0 Å². The van der Waals surface area contributed by atoms with Crippen LogP contribution in [0, 0.1) is 6.92 Å². The normalized spacial score (nSPS) is 11.9. The number of unbranched alkanes of at least 4 members (excludes halogenated alkanes) is 1. The fourth-order valence-corrected chi connectivity index (χ4v) is 5.87. The molecule has 0 unspecified atom stereocenters. The number of aryl methyl sites for hydroxylation is 1. The third-order valence-corrected chi connectivity index (χ3v) is 8.52. The van der Waals surface area contributed by atoms with Gasteiger partial charge >= 0.3 is 0 Å². The summed E-state index contributed by atoms with van der Waals surface area (Å²) in [6.07, 6.45) is 2.14. The maximum Gasteiger partial charge on any atom is 0.264 e. The molecule has 3 rings (SSSR count). The number of nitrogens with zero attached hydrogens (tertiary/aromatic N) is 2. The predicted octanol–water partition coefficient (Wildman–Crippen LogP) is 5.31. The van der Waals surface area contributed by atoms with E-state index in [-0.39, 0.29) is 17.3 Å². The van der Waals surface area contributed by atoms with Gasteiger partial charge in [-0.25, -0.2) is 8.42 Å². The van der Waals surface area contributed by atoms with Crippen molar-refractivity contribution in [1.29, 1.82) is 0 Å². The standard InChI is InChI=1S/C32H41N3O5S/c1-5-8-22-33-32(37)30(6-2)34(23-26-16-14-25(4)15-17-26)31(36)24-35(27-18-20-28(21-19-27)40-7-3)41(38,39)29-12-10-9-11-13-29/h9-21,30H,5-8,22-24H2,1-4H3,(H,33,37)/t30-/m0/s1. The molecule has 0 radical (unpaired) electrons. The lowest BCUT2D eigenvalue weighted by Gasteiger charge is -2.33. The number of amides is 2. The van der Waals surface area contributed by atoms with Crippen molar-refractivity contribution in [2.75, 3.05) is 24.0 Å². The molecule has 1 N–H and O–H groups in total. The van der Waals surface area contributed by atoms with Crippen LogP contribution >= 0.6 is 0 Å². The molecule has 8 nitrogen and oxygen atoms in total. The van der Waals surface area contributed by atoms with Crippen LogP contribution in [0.1, 0.15) is 51.2 Å². The van der Waals surface area contributed by atoms with Gasteiger partial charge < -0.3 is 15.0 Å². The second kappa shape index (κ2) is 15.2. The molecule has 220 valence electrons. The molecule has 3 aromatic carbocycles. The lowest BCUT2D eigenvalue weighted by Crippen LogP contribution is -2.52. The number of hydrogen-bond acceptors (Lipinski definition) is 5. The molecule has 0 aliphatic rings. The first-order valence-corrected chi connectivity index (χ1v) is 15.6. The Balaban J connectivity index is 2.02. The molecule has 0 saturated carbocycles. The van der Waals surface area contributed by atoms with E-state index in [9.17, 15) is 18.0 Å². The van der Waals surface area contributed by atoms with Crippen LogP contribution in [0.5, 0.6) is 5.75 Å². The molecule has 0 saturated heterocycles. The molecular formula is C32H41N3O5S. The number of rotatable bonds is 15. The van der Waals surface area contributed by atoms with Gasteiger partial charge in [0.2, 0.25) is 11.8 Å². The monoisotopic (exact) mass is 579 g/mol. The Morgan fingerprint density at radius 2 is 1.56 bits per heavy atom. The van der Waals surface area contributed by atoms with Gasteiger partial charge in [-0.2, -0.15) is 0 Å². The third kappa shape index (κ3) is 8.57. The van der Waals surface area contributed by atoms with Crippen LogP contribution in [-0.4, -0.2) is 50.9 Å². The zero-order chi connectivity index (χ0) is 29.8. The largest absolute Gasteiger partial charge is 0.494 e. The van der Waals surface area contributed by atoms with Crippen molar-refractivity contribution in [1.82, 2.24) is 10.2 Å². The maximum atomic E-state index is 14.1. The van der Waals surface area contributed by atoms with Crippen LogP contribution in [0.25, 0.3) is 0 Å².